The standard InChI is InChI=1S/C16H17NO3S/c1-20-13-9-5-6-10-14(13)21-11-16(17,15(18)19)12-7-3-2-4-8-12/h2-10H,11,17H2,1H3,(H,18,19). The molecule has 0 saturated heterocycles. The van der Waals surface area contributed by atoms with E-state index in [1.54, 1.807) is 31.4 Å². The van der Waals surface area contributed by atoms with Crippen LogP contribution in [0.15, 0.2) is 59.5 Å². The first-order chi connectivity index (χ1) is 10.1. The first kappa shape index (κ1) is 15.4. The maximum Gasteiger partial charge on any atom is 0.329 e. The zero-order valence-corrected chi connectivity index (χ0v) is 12.5. The van der Waals surface area contributed by atoms with Gasteiger partial charge in [-0.25, -0.2) is 4.79 Å². The van der Waals surface area contributed by atoms with Crippen LogP contribution in [0.5, 0.6) is 5.75 Å². The summed E-state index contributed by atoms with van der Waals surface area (Å²) in [7, 11) is 1.59. The smallest absolute Gasteiger partial charge is 0.329 e. The van der Waals surface area contributed by atoms with Crippen LogP contribution < -0.4 is 10.5 Å². The fraction of sp³-hybridized carbons (Fsp3) is 0.188. The normalized spacial score (nSPS) is 13.4. The molecule has 0 radical (unpaired) electrons. The van der Waals surface area contributed by atoms with Crippen LogP contribution in [-0.4, -0.2) is 23.9 Å². The molecule has 0 aliphatic rings. The molecule has 2 aromatic rings. The number of carbonyl (C=O) groups is 1. The highest BCUT2D eigenvalue weighted by Gasteiger charge is 2.36. The second kappa shape index (κ2) is 6.65. The van der Waals surface area contributed by atoms with E-state index in [1.165, 1.54) is 11.8 Å². The molecule has 3 N–H and O–H groups in total. The van der Waals surface area contributed by atoms with Crippen molar-refractivity contribution in [3.8, 4) is 5.75 Å². The molecule has 4 nitrogen and oxygen atoms in total. The lowest BCUT2D eigenvalue weighted by Gasteiger charge is -2.25. The highest BCUT2D eigenvalue weighted by atomic mass is 32.2. The molecule has 0 amide bonds. The van der Waals surface area contributed by atoms with Gasteiger partial charge in [0.05, 0.1) is 7.11 Å². The van der Waals surface area contributed by atoms with Crippen molar-refractivity contribution in [3.63, 3.8) is 0 Å². The molecule has 0 aromatic heterocycles. The first-order valence-electron chi connectivity index (χ1n) is 6.41. The third-order valence-corrected chi connectivity index (χ3v) is 4.44. The second-order valence-electron chi connectivity index (χ2n) is 4.58. The quantitative estimate of drug-likeness (QED) is 0.803. The van der Waals surface area contributed by atoms with Gasteiger partial charge in [0, 0.05) is 10.6 Å². The SMILES string of the molecule is COc1ccccc1SCC(N)(C(=O)O)c1ccccc1. The molecule has 0 heterocycles. The third-order valence-electron chi connectivity index (χ3n) is 3.19. The Kier molecular flexibility index (Phi) is 4.88. The zero-order chi connectivity index (χ0) is 15.3. The van der Waals surface area contributed by atoms with Crippen LogP contribution in [0.2, 0.25) is 0 Å². The molecule has 2 aromatic carbocycles. The van der Waals surface area contributed by atoms with E-state index in [4.69, 9.17) is 10.5 Å². The number of rotatable bonds is 6. The van der Waals surface area contributed by atoms with E-state index >= 15 is 0 Å². The molecule has 5 heteroatoms. The van der Waals surface area contributed by atoms with Crippen molar-refractivity contribution in [2.24, 2.45) is 5.73 Å². The van der Waals surface area contributed by atoms with Crippen LogP contribution in [-0.2, 0) is 10.3 Å². The predicted octanol–water partition coefficient (Wildman–Crippen LogP) is 2.73. The van der Waals surface area contributed by atoms with Crippen LogP contribution in [0.1, 0.15) is 5.56 Å². The fourth-order valence-electron chi connectivity index (χ4n) is 1.93. The number of benzene rings is 2. The van der Waals surface area contributed by atoms with Gasteiger partial charge in [-0.2, -0.15) is 0 Å². The van der Waals surface area contributed by atoms with Gasteiger partial charge in [-0.05, 0) is 17.7 Å². The van der Waals surface area contributed by atoms with E-state index in [-0.39, 0.29) is 5.75 Å². The minimum absolute atomic E-state index is 0.215. The molecule has 0 spiro atoms. The molecule has 0 aliphatic heterocycles. The van der Waals surface area contributed by atoms with Gasteiger partial charge in [-0.3, -0.25) is 0 Å². The Morgan fingerprint density at radius 3 is 2.43 bits per heavy atom. The van der Waals surface area contributed by atoms with Crippen molar-refractivity contribution in [3.05, 3.63) is 60.2 Å². The summed E-state index contributed by atoms with van der Waals surface area (Å²) in [5.74, 6) is -0.119. The molecule has 0 bridgehead atoms. The molecule has 1 unspecified atom stereocenters. The van der Waals surface area contributed by atoms with Crippen molar-refractivity contribution in [1.82, 2.24) is 0 Å². The topological polar surface area (TPSA) is 72.5 Å². The van der Waals surface area contributed by atoms with E-state index in [9.17, 15) is 9.90 Å². The number of carboxylic acids is 1. The minimum atomic E-state index is -1.44. The van der Waals surface area contributed by atoms with Crippen LogP contribution in [0.4, 0.5) is 0 Å². The minimum Gasteiger partial charge on any atom is -0.496 e. The zero-order valence-electron chi connectivity index (χ0n) is 11.7. The molecule has 110 valence electrons. The summed E-state index contributed by atoms with van der Waals surface area (Å²) in [5, 5.41) is 9.52. The fourth-order valence-corrected chi connectivity index (χ4v) is 3.08. The lowest BCUT2D eigenvalue weighted by Crippen LogP contribution is -2.47. The summed E-state index contributed by atoms with van der Waals surface area (Å²) >= 11 is 1.37. The van der Waals surface area contributed by atoms with Crippen molar-refractivity contribution in [2.45, 2.75) is 10.4 Å². The van der Waals surface area contributed by atoms with Crippen molar-refractivity contribution in [1.29, 1.82) is 0 Å². The van der Waals surface area contributed by atoms with E-state index in [1.807, 2.05) is 30.3 Å². The average molecular weight is 303 g/mol. The van der Waals surface area contributed by atoms with Crippen LogP contribution >= 0.6 is 11.8 Å². The summed E-state index contributed by atoms with van der Waals surface area (Å²) in [6.07, 6.45) is 0. The van der Waals surface area contributed by atoms with Crippen molar-refractivity contribution in [2.75, 3.05) is 12.9 Å². The van der Waals surface area contributed by atoms with Gasteiger partial charge in [0.1, 0.15) is 11.3 Å². The summed E-state index contributed by atoms with van der Waals surface area (Å²) < 4.78 is 5.27. The van der Waals surface area contributed by atoms with E-state index in [2.05, 4.69) is 0 Å². The number of para-hydroxylation sites is 1. The van der Waals surface area contributed by atoms with Gasteiger partial charge < -0.3 is 15.6 Å². The number of ether oxygens (including phenoxy) is 1. The summed E-state index contributed by atoms with van der Waals surface area (Å²) in [6.45, 7) is 0. The number of aliphatic carboxylic acids is 1. The monoisotopic (exact) mass is 303 g/mol. The molecule has 21 heavy (non-hydrogen) atoms. The van der Waals surface area contributed by atoms with Crippen molar-refractivity contribution < 1.29 is 14.6 Å². The summed E-state index contributed by atoms with van der Waals surface area (Å²) in [6, 6.07) is 16.3. The maximum atomic E-state index is 11.6. The Hall–Kier alpha value is -1.98. The molecular weight excluding hydrogens is 286 g/mol. The van der Waals surface area contributed by atoms with Crippen LogP contribution in [0.3, 0.4) is 0 Å². The largest absolute Gasteiger partial charge is 0.496 e. The van der Waals surface area contributed by atoms with Crippen LogP contribution in [0.25, 0.3) is 0 Å². The Balaban J connectivity index is 2.24. The summed E-state index contributed by atoms with van der Waals surface area (Å²) in [4.78, 5) is 12.5. The Bertz CT molecular complexity index is 618. The number of hydrogen-bond acceptors (Lipinski definition) is 4. The van der Waals surface area contributed by atoms with Gasteiger partial charge in [0.25, 0.3) is 0 Å². The molecule has 1 atom stereocenters. The number of hydrogen-bond donors (Lipinski definition) is 2. The first-order valence-corrected chi connectivity index (χ1v) is 7.40. The van der Waals surface area contributed by atoms with E-state index in [0.717, 1.165) is 4.90 Å². The lowest BCUT2D eigenvalue weighted by atomic mass is 9.93. The van der Waals surface area contributed by atoms with Gasteiger partial charge >= 0.3 is 5.97 Å². The Morgan fingerprint density at radius 2 is 1.81 bits per heavy atom. The average Bonchev–Trinajstić information content (AvgIpc) is 2.53. The van der Waals surface area contributed by atoms with Gasteiger partial charge in [0.2, 0.25) is 0 Å². The Labute approximate surface area is 127 Å². The molecular formula is C16H17NO3S. The van der Waals surface area contributed by atoms with E-state index < -0.39 is 11.5 Å². The molecule has 0 saturated carbocycles. The highest BCUT2D eigenvalue weighted by molar-refractivity contribution is 7.99. The second-order valence-corrected chi connectivity index (χ2v) is 5.60. The van der Waals surface area contributed by atoms with E-state index in [0.29, 0.717) is 11.3 Å². The van der Waals surface area contributed by atoms with Gasteiger partial charge in [0.15, 0.2) is 0 Å². The molecule has 0 fully saturated rings. The maximum absolute atomic E-state index is 11.6. The Morgan fingerprint density at radius 1 is 1.19 bits per heavy atom. The third kappa shape index (κ3) is 3.37. The number of methoxy groups -OCH3 is 1. The predicted molar refractivity (Wildman–Crippen MR) is 83.7 cm³/mol. The van der Waals surface area contributed by atoms with Gasteiger partial charge in [-0.15, -0.1) is 11.8 Å². The lowest BCUT2D eigenvalue weighted by molar-refractivity contribution is -0.142. The number of nitrogens with two attached hydrogens (primary N) is 1. The molecule has 2 rings (SSSR count). The number of carboxylic acid groups (broad SMARTS) is 1. The molecule has 0 aliphatic carbocycles. The highest BCUT2D eigenvalue weighted by Crippen LogP contribution is 2.33. The van der Waals surface area contributed by atoms with Gasteiger partial charge in [-0.1, -0.05) is 42.5 Å². The number of thioether (sulfide) groups is 1. The van der Waals surface area contributed by atoms with Crippen LogP contribution in [0, 0.1) is 0 Å². The van der Waals surface area contributed by atoms with Crippen molar-refractivity contribution >= 4 is 17.7 Å². The summed E-state index contributed by atoms with van der Waals surface area (Å²) in [5.41, 5.74) is 5.29.